The van der Waals surface area contributed by atoms with Crippen molar-refractivity contribution in [3.05, 3.63) is 36.0 Å². The fourth-order valence-electron chi connectivity index (χ4n) is 3.46. The van der Waals surface area contributed by atoms with E-state index in [9.17, 15) is 0 Å². The summed E-state index contributed by atoms with van der Waals surface area (Å²) < 4.78 is 0. The molecule has 3 aliphatic rings. The molecule has 13 heavy (non-hydrogen) atoms. The largest absolute Gasteiger partial charge is 0.0995 e. The number of allylic oxidation sites excluding steroid dienone is 5. The number of hydrogen-bond acceptors (Lipinski definition) is 0. The maximum absolute atomic E-state index is 4.11. The van der Waals surface area contributed by atoms with Gasteiger partial charge in [-0.3, -0.25) is 0 Å². The van der Waals surface area contributed by atoms with Gasteiger partial charge in [-0.2, -0.15) is 0 Å². The van der Waals surface area contributed by atoms with E-state index in [4.69, 9.17) is 0 Å². The van der Waals surface area contributed by atoms with Crippen LogP contribution in [-0.4, -0.2) is 0 Å². The average Bonchev–Trinajstić information content (AvgIpc) is 2.63. The van der Waals surface area contributed by atoms with Crippen molar-refractivity contribution < 1.29 is 0 Å². The summed E-state index contributed by atoms with van der Waals surface area (Å²) in [5.41, 5.74) is 3.14. The van der Waals surface area contributed by atoms with Crippen LogP contribution in [0, 0.1) is 23.7 Å². The van der Waals surface area contributed by atoms with E-state index in [-0.39, 0.29) is 0 Å². The molecular formula is C13H16. The second kappa shape index (κ2) is 2.37. The molecule has 0 heteroatoms. The van der Waals surface area contributed by atoms with E-state index in [2.05, 4.69) is 31.7 Å². The smallest absolute Gasteiger partial charge is 0.00108 e. The van der Waals surface area contributed by atoms with Crippen LogP contribution < -0.4 is 0 Å². The van der Waals surface area contributed by atoms with Crippen LogP contribution in [0.4, 0.5) is 0 Å². The molecular weight excluding hydrogens is 156 g/mol. The molecule has 0 radical (unpaired) electrons. The Morgan fingerprint density at radius 2 is 2.23 bits per heavy atom. The van der Waals surface area contributed by atoms with Crippen LogP contribution in [0.1, 0.15) is 19.8 Å². The van der Waals surface area contributed by atoms with Crippen molar-refractivity contribution in [3.63, 3.8) is 0 Å². The summed E-state index contributed by atoms with van der Waals surface area (Å²) in [6.07, 6.45) is 9.76. The molecule has 4 unspecified atom stereocenters. The maximum atomic E-state index is 4.11. The van der Waals surface area contributed by atoms with Gasteiger partial charge in [0.05, 0.1) is 0 Å². The lowest BCUT2D eigenvalue weighted by molar-refractivity contribution is 0.324. The van der Waals surface area contributed by atoms with Crippen LogP contribution >= 0.6 is 0 Å². The van der Waals surface area contributed by atoms with Crippen LogP contribution in [0.25, 0.3) is 0 Å². The van der Waals surface area contributed by atoms with Crippen molar-refractivity contribution in [1.29, 1.82) is 0 Å². The zero-order valence-electron chi connectivity index (χ0n) is 8.16. The fourth-order valence-corrected chi connectivity index (χ4v) is 3.46. The molecule has 68 valence electrons. The third kappa shape index (κ3) is 0.919. The highest BCUT2D eigenvalue weighted by Gasteiger charge is 2.43. The predicted molar refractivity (Wildman–Crippen MR) is 55.2 cm³/mol. The van der Waals surface area contributed by atoms with Gasteiger partial charge in [0.15, 0.2) is 0 Å². The zero-order valence-corrected chi connectivity index (χ0v) is 8.16. The lowest BCUT2D eigenvalue weighted by Gasteiger charge is -2.21. The molecule has 1 fully saturated rings. The lowest BCUT2D eigenvalue weighted by atomic mass is 9.82. The Labute approximate surface area is 80.0 Å². The van der Waals surface area contributed by atoms with Crippen LogP contribution in [0.5, 0.6) is 0 Å². The zero-order chi connectivity index (χ0) is 9.00. The number of hydrogen-bond donors (Lipinski definition) is 0. The summed E-state index contributed by atoms with van der Waals surface area (Å²) in [6, 6.07) is 0. The summed E-state index contributed by atoms with van der Waals surface area (Å²) in [6.45, 7) is 6.47. The van der Waals surface area contributed by atoms with Crippen molar-refractivity contribution in [2.24, 2.45) is 23.7 Å². The Bertz CT molecular complexity index is 319. The molecule has 1 saturated carbocycles. The minimum Gasteiger partial charge on any atom is -0.0995 e. The fraction of sp³-hybridized carbons (Fsp3) is 0.538. The van der Waals surface area contributed by atoms with Gasteiger partial charge in [0, 0.05) is 0 Å². The van der Waals surface area contributed by atoms with E-state index in [1.807, 2.05) is 0 Å². The van der Waals surface area contributed by atoms with Gasteiger partial charge in [-0.25, -0.2) is 0 Å². The van der Waals surface area contributed by atoms with Crippen LogP contribution in [0.3, 0.4) is 0 Å². The van der Waals surface area contributed by atoms with Gasteiger partial charge in [-0.05, 0) is 36.5 Å². The molecule has 0 aromatic heterocycles. The lowest BCUT2D eigenvalue weighted by Crippen LogP contribution is -2.16. The predicted octanol–water partition coefficient (Wildman–Crippen LogP) is 3.33. The van der Waals surface area contributed by atoms with E-state index in [0.29, 0.717) is 0 Å². The maximum Gasteiger partial charge on any atom is -0.00108 e. The van der Waals surface area contributed by atoms with E-state index in [0.717, 1.165) is 23.7 Å². The molecule has 0 aromatic rings. The minimum atomic E-state index is 0.767. The molecule has 3 rings (SSSR count). The minimum absolute atomic E-state index is 0.767. The first-order valence-electron chi connectivity index (χ1n) is 5.31. The number of fused-ring (bicyclic) bond motifs is 3. The Morgan fingerprint density at radius 3 is 3.08 bits per heavy atom. The first-order chi connectivity index (χ1) is 6.25. The van der Waals surface area contributed by atoms with Crippen molar-refractivity contribution >= 4 is 0 Å². The van der Waals surface area contributed by atoms with Crippen molar-refractivity contribution in [3.8, 4) is 0 Å². The first kappa shape index (κ1) is 7.61. The van der Waals surface area contributed by atoms with Gasteiger partial charge < -0.3 is 0 Å². The normalized spacial score (nSPS) is 46.5. The standard InChI is InChI=1S/C13H16/c1-8-5-11-7-10-4-3-9(2)13(10)12(11)6-8/h3-4,7,9-10,12-13H,1,5-6H2,2H3. The molecule has 0 nitrogen and oxygen atoms in total. The Balaban J connectivity index is 1.96. The van der Waals surface area contributed by atoms with Gasteiger partial charge in [0.25, 0.3) is 0 Å². The third-order valence-corrected chi connectivity index (χ3v) is 4.00. The Hall–Kier alpha value is -0.780. The average molecular weight is 172 g/mol. The van der Waals surface area contributed by atoms with Gasteiger partial charge in [-0.1, -0.05) is 42.9 Å². The highest BCUT2D eigenvalue weighted by atomic mass is 14.5. The van der Waals surface area contributed by atoms with Crippen LogP contribution in [-0.2, 0) is 0 Å². The molecule has 0 aliphatic heterocycles. The molecule has 0 saturated heterocycles. The van der Waals surface area contributed by atoms with Gasteiger partial charge >= 0.3 is 0 Å². The van der Waals surface area contributed by atoms with Crippen LogP contribution in [0.15, 0.2) is 36.0 Å². The van der Waals surface area contributed by atoms with E-state index >= 15 is 0 Å². The summed E-state index contributed by atoms with van der Waals surface area (Å²) in [4.78, 5) is 0. The Morgan fingerprint density at radius 1 is 1.38 bits per heavy atom. The topological polar surface area (TPSA) is 0 Å². The molecule has 0 aromatic carbocycles. The molecule has 0 N–H and O–H groups in total. The quantitative estimate of drug-likeness (QED) is 0.492. The Kier molecular flexibility index (Phi) is 1.39. The van der Waals surface area contributed by atoms with Crippen molar-refractivity contribution in [2.45, 2.75) is 19.8 Å². The molecule has 4 atom stereocenters. The van der Waals surface area contributed by atoms with Gasteiger partial charge in [-0.15, -0.1) is 0 Å². The highest BCUT2D eigenvalue weighted by molar-refractivity contribution is 5.35. The molecule has 0 amide bonds. The highest BCUT2D eigenvalue weighted by Crippen LogP contribution is 2.53. The van der Waals surface area contributed by atoms with Gasteiger partial charge in [0.1, 0.15) is 0 Å². The van der Waals surface area contributed by atoms with E-state index in [1.54, 1.807) is 5.57 Å². The SMILES string of the molecule is C=C1CC2=CC3C=CC(C)C3C2C1. The number of rotatable bonds is 0. The monoisotopic (exact) mass is 172 g/mol. The summed E-state index contributed by atoms with van der Waals surface area (Å²) in [5.74, 6) is 3.29. The molecule has 0 heterocycles. The van der Waals surface area contributed by atoms with Crippen molar-refractivity contribution in [1.82, 2.24) is 0 Å². The van der Waals surface area contributed by atoms with Crippen LogP contribution in [0.2, 0.25) is 0 Å². The van der Waals surface area contributed by atoms with Gasteiger partial charge in [0.2, 0.25) is 0 Å². The molecule has 0 spiro atoms. The summed E-state index contributed by atoms with van der Waals surface area (Å²) in [7, 11) is 0. The second-order valence-electron chi connectivity index (χ2n) is 4.88. The summed E-state index contributed by atoms with van der Waals surface area (Å²) in [5, 5.41) is 0. The molecule has 3 aliphatic carbocycles. The molecule has 0 bridgehead atoms. The van der Waals surface area contributed by atoms with E-state index in [1.165, 1.54) is 18.4 Å². The van der Waals surface area contributed by atoms with E-state index < -0.39 is 0 Å². The van der Waals surface area contributed by atoms with Crippen molar-refractivity contribution in [2.75, 3.05) is 0 Å². The summed E-state index contributed by atoms with van der Waals surface area (Å²) >= 11 is 0. The second-order valence-corrected chi connectivity index (χ2v) is 4.88. The third-order valence-electron chi connectivity index (χ3n) is 4.00. The first-order valence-corrected chi connectivity index (χ1v) is 5.31.